The van der Waals surface area contributed by atoms with Gasteiger partial charge in [-0.1, -0.05) is 17.7 Å². The van der Waals surface area contributed by atoms with Gasteiger partial charge in [0.05, 0.1) is 16.7 Å². The molecule has 1 aromatic carbocycles. The molecule has 26 heavy (non-hydrogen) atoms. The van der Waals surface area contributed by atoms with E-state index in [1.54, 1.807) is 18.0 Å². The highest BCUT2D eigenvalue weighted by molar-refractivity contribution is 7.80. The Morgan fingerprint density at radius 2 is 1.92 bits per heavy atom. The first kappa shape index (κ1) is 16.9. The minimum absolute atomic E-state index is 0.648. The Hall–Kier alpha value is -2.53. The average Bonchev–Trinajstić information content (AvgIpc) is 2.69. The highest BCUT2D eigenvalue weighted by Crippen LogP contribution is 2.29. The van der Waals surface area contributed by atoms with Gasteiger partial charge in [0.2, 0.25) is 0 Å². The first-order valence-corrected chi connectivity index (χ1v) is 9.57. The molecule has 2 aromatic heterocycles. The number of benzene rings is 1. The topological polar surface area (TPSA) is 49.8 Å². The maximum atomic E-state index is 5.51. The highest BCUT2D eigenvalue weighted by atomic mass is 32.1. The molecule has 4 nitrogen and oxygen atoms in total. The zero-order valence-electron chi connectivity index (χ0n) is 14.7. The van der Waals surface area contributed by atoms with Crippen molar-refractivity contribution in [1.29, 1.82) is 0 Å². The lowest BCUT2D eigenvalue weighted by Gasteiger charge is -2.15. The molecule has 2 N–H and O–H groups in total. The molecule has 4 rings (SSSR count). The van der Waals surface area contributed by atoms with Crippen LogP contribution in [0, 0.1) is 0 Å². The lowest BCUT2D eigenvalue weighted by atomic mass is 9.97. The molecule has 1 aliphatic carbocycles. The molecule has 3 aromatic rings. The molecule has 1 aliphatic rings. The Balaban J connectivity index is 1.50. The second kappa shape index (κ2) is 7.79. The molecule has 0 bridgehead atoms. The van der Waals surface area contributed by atoms with E-state index in [2.05, 4.69) is 32.7 Å². The number of allylic oxidation sites excluding steroid dienone is 1. The summed E-state index contributed by atoms with van der Waals surface area (Å²) in [5.41, 5.74) is 4.32. The fraction of sp³-hybridized carbons (Fsp3) is 0.286. The van der Waals surface area contributed by atoms with E-state index >= 15 is 0 Å². The number of pyridine rings is 2. The lowest BCUT2D eigenvalue weighted by Crippen LogP contribution is -2.29. The molecule has 132 valence electrons. The molecule has 0 radical (unpaired) electrons. The summed E-state index contributed by atoms with van der Waals surface area (Å²) in [4.78, 5) is 9.01. The van der Waals surface area contributed by atoms with Crippen molar-refractivity contribution in [2.75, 3.05) is 11.9 Å². The number of nitrogens with zero attached hydrogens (tertiary/aromatic N) is 2. The van der Waals surface area contributed by atoms with E-state index in [-0.39, 0.29) is 0 Å². The smallest absolute Gasteiger partial charge is 0.170 e. The molecule has 0 aliphatic heterocycles. The molecule has 0 atom stereocenters. The Morgan fingerprint density at radius 1 is 1.08 bits per heavy atom. The average molecular weight is 363 g/mol. The molecule has 0 fully saturated rings. The van der Waals surface area contributed by atoms with Gasteiger partial charge in [-0.2, -0.15) is 0 Å². The molecule has 2 heterocycles. The first-order valence-electron chi connectivity index (χ1n) is 9.16. The highest BCUT2D eigenvalue weighted by Gasteiger charge is 2.09. The van der Waals surface area contributed by atoms with Crippen LogP contribution in [0.2, 0.25) is 0 Å². The summed E-state index contributed by atoms with van der Waals surface area (Å²) in [6, 6.07) is 10.1. The predicted molar refractivity (Wildman–Crippen MR) is 112 cm³/mol. The fourth-order valence-electron chi connectivity index (χ4n) is 3.51. The zero-order chi connectivity index (χ0) is 17.8. The quantitative estimate of drug-likeness (QED) is 0.390. The van der Waals surface area contributed by atoms with Gasteiger partial charge in [0.1, 0.15) is 0 Å². The van der Waals surface area contributed by atoms with E-state index in [0.717, 1.165) is 40.5 Å². The molecule has 5 heteroatoms. The number of nitrogens with one attached hydrogen (secondary N) is 2. The fourth-order valence-corrected chi connectivity index (χ4v) is 3.73. The van der Waals surface area contributed by atoms with Crippen LogP contribution in [-0.4, -0.2) is 21.6 Å². The van der Waals surface area contributed by atoms with E-state index in [1.807, 2.05) is 24.3 Å². The van der Waals surface area contributed by atoms with Crippen LogP contribution in [0.4, 0.5) is 5.69 Å². The molecular formula is C21H22N4S. The van der Waals surface area contributed by atoms with Crippen molar-refractivity contribution in [3.05, 3.63) is 54.4 Å². The van der Waals surface area contributed by atoms with Gasteiger partial charge in [-0.3, -0.25) is 9.97 Å². The third-order valence-electron chi connectivity index (χ3n) is 4.83. The van der Waals surface area contributed by atoms with E-state index in [0.29, 0.717) is 5.11 Å². The van der Waals surface area contributed by atoms with Gasteiger partial charge in [-0.15, -0.1) is 0 Å². The van der Waals surface area contributed by atoms with E-state index in [9.17, 15) is 0 Å². The van der Waals surface area contributed by atoms with Crippen molar-refractivity contribution in [2.45, 2.75) is 32.1 Å². The predicted octanol–water partition coefficient (Wildman–Crippen LogP) is 4.96. The third-order valence-corrected chi connectivity index (χ3v) is 5.07. The van der Waals surface area contributed by atoms with E-state index < -0.39 is 0 Å². The SMILES string of the molecule is S=C(NCCC1=CCCCC1)Nc1cc2cccnc2c2ncccc12. The van der Waals surface area contributed by atoms with Crippen molar-refractivity contribution >= 4 is 44.8 Å². The standard InChI is InChI=1S/C21H22N4S/c26-21(24-13-10-15-6-2-1-3-7-15)25-18-14-16-8-4-11-22-19(16)20-17(18)9-5-12-23-20/h4-6,8-9,11-12,14H,1-3,7,10,13H2,(H2,24,25,26). The molecule has 0 unspecified atom stereocenters. The number of aromatic nitrogens is 2. The number of hydrogen-bond donors (Lipinski definition) is 2. The maximum Gasteiger partial charge on any atom is 0.170 e. The Labute approximate surface area is 158 Å². The summed E-state index contributed by atoms with van der Waals surface area (Å²) in [7, 11) is 0. The first-order chi connectivity index (χ1) is 12.8. The molecule has 0 saturated heterocycles. The van der Waals surface area contributed by atoms with Crippen molar-refractivity contribution in [3.8, 4) is 0 Å². The summed E-state index contributed by atoms with van der Waals surface area (Å²) >= 11 is 5.51. The van der Waals surface area contributed by atoms with Crippen molar-refractivity contribution in [1.82, 2.24) is 15.3 Å². The van der Waals surface area contributed by atoms with Crippen molar-refractivity contribution in [2.24, 2.45) is 0 Å². The Kier molecular flexibility index (Phi) is 5.07. The molecule has 0 saturated carbocycles. The molecule has 0 spiro atoms. The summed E-state index contributed by atoms with van der Waals surface area (Å²) in [5, 5.41) is 9.41. The third kappa shape index (κ3) is 3.68. The van der Waals surface area contributed by atoms with Crippen LogP contribution < -0.4 is 10.6 Å². The Morgan fingerprint density at radius 3 is 2.77 bits per heavy atom. The van der Waals surface area contributed by atoms with Gasteiger partial charge in [0.15, 0.2) is 5.11 Å². The van der Waals surface area contributed by atoms with Gasteiger partial charge in [0, 0.05) is 29.7 Å². The number of fused-ring (bicyclic) bond motifs is 3. The van der Waals surface area contributed by atoms with Crippen LogP contribution in [0.25, 0.3) is 21.8 Å². The summed E-state index contributed by atoms with van der Waals surface area (Å²) in [5.74, 6) is 0. The molecular weight excluding hydrogens is 340 g/mol. The van der Waals surface area contributed by atoms with Gasteiger partial charge >= 0.3 is 0 Å². The van der Waals surface area contributed by atoms with Crippen LogP contribution in [0.5, 0.6) is 0 Å². The number of thiocarbonyl (C=S) groups is 1. The largest absolute Gasteiger partial charge is 0.362 e. The normalized spacial score (nSPS) is 14.2. The number of anilines is 1. The minimum atomic E-state index is 0.648. The lowest BCUT2D eigenvalue weighted by molar-refractivity contribution is 0.669. The van der Waals surface area contributed by atoms with E-state index in [4.69, 9.17) is 12.2 Å². The summed E-state index contributed by atoms with van der Waals surface area (Å²) in [6.07, 6.45) is 12.2. The zero-order valence-corrected chi connectivity index (χ0v) is 15.5. The summed E-state index contributed by atoms with van der Waals surface area (Å²) in [6.45, 7) is 0.864. The van der Waals surface area contributed by atoms with Gasteiger partial charge in [-0.25, -0.2) is 0 Å². The van der Waals surface area contributed by atoms with Gasteiger partial charge in [-0.05, 0) is 68.6 Å². The van der Waals surface area contributed by atoms with Gasteiger partial charge in [0.25, 0.3) is 0 Å². The monoisotopic (exact) mass is 362 g/mol. The van der Waals surface area contributed by atoms with Crippen LogP contribution in [0.3, 0.4) is 0 Å². The second-order valence-electron chi connectivity index (χ2n) is 6.64. The molecule has 0 amide bonds. The van der Waals surface area contributed by atoms with Gasteiger partial charge < -0.3 is 10.6 Å². The minimum Gasteiger partial charge on any atom is -0.362 e. The van der Waals surface area contributed by atoms with Crippen molar-refractivity contribution < 1.29 is 0 Å². The Bertz CT molecular complexity index is 980. The van der Waals surface area contributed by atoms with E-state index in [1.165, 1.54) is 25.7 Å². The van der Waals surface area contributed by atoms with Crippen LogP contribution in [0.1, 0.15) is 32.1 Å². The maximum absolute atomic E-state index is 5.51. The van der Waals surface area contributed by atoms with Crippen LogP contribution in [-0.2, 0) is 0 Å². The second-order valence-corrected chi connectivity index (χ2v) is 7.05. The number of hydrogen-bond acceptors (Lipinski definition) is 3. The van der Waals surface area contributed by atoms with Crippen molar-refractivity contribution in [3.63, 3.8) is 0 Å². The van der Waals surface area contributed by atoms with Crippen LogP contribution >= 0.6 is 12.2 Å². The summed E-state index contributed by atoms with van der Waals surface area (Å²) < 4.78 is 0. The van der Waals surface area contributed by atoms with Crippen LogP contribution in [0.15, 0.2) is 54.4 Å². The number of rotatable bonds is 4.